The van der Waals surface area contributed by atoms with Crippen molar-refractivity contribution in [1.29, 1.82) is 0 Å². The standard InChI is InChI=1S/C41H72NO10P/c1-5-7-18-25-38-39(52-38)26-20-15-10-8-9-11-17-22-28-41(44)50-35(32-49-53(45,46)48-30-29-42)31-47-40(43)27-21-16-13-12-14-19-24-37-34(4)33(3)36(51-37)23-6-2/h15,20,35,38-39H,5-14,16-19,21-32,42H2,1-4H3,(H,45,46)/b20-15-/t35-,38?,39?/m1/s1. The average Bonchev–Trinajstić information content (AvgIpc) is 3.83. The minimum Gasteiger partial charge on any atom is -0.466 e. The van der Waals surface area contributed by atoms with E-state index in [1.165, 1.54) is 36.8 Å². The maximum atomic E-state index is 12.6. The van der Waals surface area contributed by atoms with Crippen LogP contribution < -0.4 is 5.73 Å². The monoisotopic (exact) mass is 769 g/mol. The van der Waals surface area contributed by atoms with Gasteiger partial charge in [0.25, 0.3) is 0 Å². The highest BCUT2D eigenvalue weighted by atomic mass is 31.2. The first-order chi connectivity index (χ1) is 25.6. The van der Waals surface area contributed by atoms with E-state index in [4.69, 9.17) is 33.4 Å². The lowest BCUT2D eigenvalue weighted by molar-refractivity contribution is -0.161. The SMILES string of the molecule is CCCCCC1OC1C/C=C\CCCCCCCC(=O)O[C@H](COC(=O)CCCCCCCCc1oc(CCC)c(C)c1C)COP(=O)(O)OCCN. The van der Waals surface area contributed by atoms with Gasteiger partial charge < -0.3 is 29.3 Å². The van der Waals surface area contributed by atoms with Gasteiger partial charge in [0.05, 0.1) is 25.4 Å². The second-order valence-electron chi connectivity index (χ2n) is 14.5. The second-order valence-corrected chi connectivity index (χ2v) is 15.9. The van der Waals surface area contributed by atoms with Crippen molar-refractivity contribution in [3.05, 3.63) is 34.8 Å². The Kier molecular flexibility index (Phi) is 25.3. The molecular weight excluding hydrogens is 697 g/mol. The first-order valence-corrected chi connectivity index (χ1v) is 22.1. The summed E-state index contributed by atoms with van der Waals surface area (Å²) >= 11 is 0. The van der Waals surface area contributed by atoms with Crippen molar-refractivity contribution in [2.45, 2.75) is 187 Å². The molecule has 0 bridgehead atoms. The third kappa shape index (κ3) is 22.2. The second kappa shape index (κ2) is 28.4. The predicted octanol–water partition coefficient (Wildman–Crippen LogP) is 9.69. The predicted molar refractivity (Wildman–Crippen MR) is 209 cm³/mol. The number of hydrogen-bond donors (Lipinski definition) is 2. The Morgan fingerprint density at radius 3 is 2.09 bits per heavy atom. The smallest absolute Gasteiger partial charge is 0.466 e. The van der Waals surface area contributed by atoms with Crippen LogP contribution in [0.2, 0.25) is 0 Å². The molecule has 4 atom stereocenters. The molecule has 2 rings (SSSR count). The van der Waals surface area contributed by atoms with E-state index in [9.17, 15) is 19.0 Å². The molecule has 1 aromatic rings. The van der Waals surface area contributed by atoms with Crippen LogP contribution in [-0.2, 0) is 50.3 Å². The van der Waals surface area contributed by atoms with E-state index in [0.717, 1.165) is 101 Å². The minimum absolute atomic E-state index is 0.0420. The minimum atomic E-state index is -4.39. The Bertz CT molecular complexity index is 1220. The lowest BCUT2D eigenvalue weighted by atomic mass is 10.0. The largest absolute Gasteiger partial charge is 0.472 e. The highest BCUT2D eigenvalue weighted by Crippen LogP contribution is 2.43. The summed E-state index contributed by atoms with van der Waals surface area (Å²) in [5, 5.41) is 0. The number of esters is 2. The molecule has 11 nitrogen and oxygen atoms in total. The zero-order valence-electron chi connectivity index (χ0n) is 33.4. The maximum absolute atomic E-state index is 12.6. The fraction of sp³-hybridized carbons (Fsp3) is 0.805. The van der Waals surface area contributed by atoms with Crippen molar-refractivity contribution in [1.82, 2.24) is 0 Å². The van der Waals surface area contributed by atoms with Crippen LogP contribution in [0.25, 0.3) is 0 Å². The number of unbranched alkanes of at least 4 members (excludes halogenated alkanes) is 12. The molecule has 1 aliphatic heterocycles. The lowest BCUT2D eigenvalue weighted by Gasteiger charge is -2.19. The molecule has 3 N–H and O–H groups in total. The number of phosphoric acid groups is 1. The van der Waals surface area contributed by atoms with Crippen LogP contribution in [0.1, 0.15) is 165 Å². The van der Waals surface area contributed by atoms with Crippen LogP contribution in [0.4, 0.5) is 0 Å². The van der Waals surface area contributed by atoms with E-state index in [2.05, 4.69) is 39.8 Å². The number of nitrogens with two attached hydrogens (primary N) is 1. The number of phosphoric ester groups is 1. The molecule has 2 heterocycles. The zero-order valence-corrected chi connectivity index (χ0v) is 34.3. The molecule has 306 valence electrons. The number of aryl methyl sites for hydroxylation is 2. The number of hydrogen-bond acceptors (Lipinski definition) is 10. The van der Waals surface area contributed by atoms with Gasteiger partial charge in [-0.05, 0) is 76.3 Å². The Hall–Kier alpha value is -2.01. The van der Waals surface area contributed by atoms with Crippen molar-refractivity contribution in [3.63, 3.8) is 0 Å². The third-order valence-corrected chi connectivity index (χ3v) is 10.7. The highest BCUT2D eigenvalue weighted by molar-refractivity contribution is 7.47. The molecule has 0 aliphatic carbocycles. The van der Waals surface area contributed by atoms with Gasteiger partial charge in [0.2, 0.25) is 0 Å². The number of allylic oxidation sites excluding steroid dienone is 1. The summed E-state index contributed by atoms with van der Waals surface area (Å²) in [5.74, 6) is 1.35. The molecule has 0 amide bonds. The van der Waals surface area contributed by atoms with E-state index in [1.807, 2.05) is 0 Å². The third-order valence-electron chi connectivity index (χ3n) is 9.75. The van der Waals surface area contributed by atoms with E-state index >= 15 is 0 Å². The summed E-state index contributed by atoms with van der Waals surface area (Å²) in [7, 11) is -4.39. The van der Waals surface area contributed by atoms with Crippen LogP contribution in [0, 0.1) is 13.8 Å². The van der Waals surface area contributed by atoms with Gasteiger partial charge in [0, 0.05) is 32.2 Å². The Morgan fingerprint density at radius 2 is 1.42 bits per heavy atom. The fourth-order valence-corrected chi connectivity index (χ4v) is 7.10. The highest BCUT2D eigenvalue weighted by Gasteiger charge is 2.36. The summed E-state index contributed by atoms with van der Waals surface area (Å²) in [4.78, 5) is 34.9. The molecule has 1 aromatic heterocycles. The van der Waals surface area contributed by atoms with Crippen LogP contribution >= 0.6 is 7.82 Å². The number of epoxide rings is 1. The van der Waals surface area contributed by atoms with Crippen molar-refractivity contribution >= 4 is 19.8 Å². The molecule has 0 spiro atoms. The number of ether oxygens (including phenoxy) is 3. The number of rotatable bonds is 34. The van der Waals surface area contributed by atoms with E-state index in [1.54, 1.807) is 0 Å². The molecule has 0 radical (unpaired) electrons. The van der Waals surface area contributed by atoms with E-state index in [-0.39, 0.29) is 32.6 Å². The van der Waals surface area contributed by atoms with Gasteiger partial charge in [-0.3, -0.25) is 18.6 Å². The van der Waals surface area contributed by atoms with E-state index in [0.29, 0.717) is 25.0 Å². The summed E-state index contributed by atoms with van der Waals surface area (Å²) in [6.07, 6.45) is 25.5. The molecule has 1 saturated heterocycles. The molecule has 0 saturated carbocycles. The van der Waals surface area contributed by atoms with Crippen LogP contribution in [0.3, 0.4) is 0 Å². The summed E-state index contributed by atoms with van der Waals surface area (Å²) < 4.78 is 44.6. The first kappa shape index (κ1) is 47.1. The molecule has 1 aliphatic rings. The van der Waals surface area contributed by atoms with Gasteiger partial charge in [0.1, 0.15) is 18.1 Å². The van der Waals surface area contributed by atoms with Crippen LogP contribution in [-0.4, -0.2) is 61.5 Å². The summed E-state index contributed by atoms with van der Waals surface area (Å²) in [5.41, 5.74) is 7.92. The zero-order chi connectivity index (χ0) is 38.7. The molecule has 3 unspecified atom stereocenters. The Morgan fingerprint density at radius 1 is 0.774 bits per heavy atom. The van der Waals surface area contributed by atoms with Gasteiger partial charge >= 0.3 is 19.8 Å². The number of furan rings is 1. The molecule has 53 heavy (non-hydrogen) atoms. The summed E-state index contributed by atoms with van der Waals surface area (Å²) in [6, 6.07) is 0. The normalized spacial score (nSPS) is 17.2. The summed E-state index contributed by atoms with van der Waals surface area (Å²) in [6.45, 7) is 7.84. The topological polar surface area (TPSA) is 160 Å². The number of carbonyl (C=O) groups is 2. The molecular formula is C41H72NO10P. The number of carbonyl (C=O) groups excluding carboxylic acids is 2. The van der Waals surface area contributed by atoms with Gasteiger partial charge in [0.15, 0.2) is 6.10 Å². The van der Waals surface area contributed by atoms with E-state index < -0.39 is 32.5 Å². The Labute approximate surface area is 320 Å². The Balaban J connectivity index is 1.58. The van der Waals surface area contributed by atoms with Gasteiger partial charge in [-0.25, -0.2) is 4.57 Å². The van der Waals surface area contributed by atoms with Crippen molar-refractivity contribution in [2.75, 3.05) is 26.4 Å². The maximum Gasteiger partial charge on any atom is 0.472 e. The molecule has 1 fully saturated rings. The van der Waals surface area contributed by atoms with Gasteiger partial charge in [-0.1, -0.05) is 90.2 Å². The molecule has 0 aromatic carbocycles. The quantitative estimate of drug-likeness (QED) is 0.0226. The van der Waals surface area contributed by atoms with Crippen molar-refractivity contribution in [3.8, 4) is 0 Å². The first-order valence-electron chi connectivity index (χ1n) is 20.6. The van der Waals surface area contributed by atoms with Crippen molar-refractivity contribution in [2.24, 2.45) is 5.73 Å². The van der Waals surface area contributed by atoms with Crippen LogP contribution in [0.15, 0.2) is 16.6 Å². The lowest BCUT2D eigenvalue weighted by Crippen LogP contribution is -2.29. The fourth-order valence-electron chi connectivity index (χ4n) is 6.33. The van der Waals surface area contributed by atoms with Crippen molar-refractivity contribution < 1.29 is 46.7 Å². The van der Waals surface area contributed by atoms with Gasteiger partial charge in [-0.15, -0.1) is 0 Å². The van der Waals surface area contributed by atoms with Gasteiger partial charge in [-0.2, -0.15) is 0 Å². The molecule has 12 heteroatoms. The van der Waals surface area contributed by atoms with Crippen LogP contribution in [0.5, 0.6) is 0 Å². The average molecular weight is 770 g/mol.